The molecule has 0 atom stereocenters. The number of methoxy groups -OCH3 is 2. The van der Waals surface area contributed by atoms with Crippen LogP contribution in [0.25, 0.3) is 0 Å². The van der Waals surface area contributed by atoms with Gasteiger partial charge in [0, 0.05) is 6.07 Å². The van der Waals surface area contributed by atoms with Crippen LogP contribution in [0.1, 0.15) is 15.9 Å². The molecule has 0 aromatic heterocycles. The highest BCUT2D eigenvalue weighted by atomic mass is 32.1. The Morgan fingerprint density at radius 2 is 2.12 bits per heavy atom. The molecule has 16 heavy (non-hydrogen) atoms. The number of nitrogens with zero attached hydrogens (tertiary/aromatic N) is 1. The smallest absolute Gasteiger partial charge is 0.340 e. The Hall–Kier alpha value is -1.71. The van der Waals surface area contributed by atoms with E-state index in [1.54, 1.807) is 19.2 Å². The van der Waals surface area contributed by atoms with Crippen molar-refractivity contribution in [1.82, 2.24) is 0 Å². The Morgan fingerprint density at radius 3 is 2.62 bits per heavy atom. The molecule has 1 aromatic carbocycles. The van der Waals surface area contributed by atoms with Gasteiger partial charge in [0.05, 0.1) is 30.6 Å². The van der Waals surface area contributed by atoms with Crippen LogP contribution in [0.2, 0.25) is 0 Å². The fourth-order valence-electron chi connectivity index (χ4n) is 1.31. The number of esters is 1. The van der Waals surface area contributed by atoms with E-state index < -0.39 is 5.97 Å². The first-order chi connectivity index (χ1) is 7.63. The third-order valence-corrected chi connectivity index (χ3v) is 2.18. The maximum Gasteiger partial charge on any atom is 0.340 e. The molecule has 4 nitrogen and oxygen atoms in total. The van der Waals surface area contributed by atoms with E-state index >= 15 is 0 Å². The lowest BCUT2D eigenvalue weighted by atomic mass is 10.1. The Balaban J connectivity index is 3.41. The van der Waals surface area contributed by atoms with Crippen molar-refractivity contribution in [3.05, 3.63) is 23.3 Å². The molecule has 1 rings (SSSR count). The van der Waals surface area contributed by atoms with E-state index in [0.717, 1.165) is 5.56 Å². The maximum absolute atomic E-state index is 11.5. The lowest BCUT2D eigenvalue weighted by Gasteiger charge is -2.08. The largest absolute Gasteiger partial charge is 0.496 e. The number of benzene rings is 1. The SMILES string of the molecule is COC(=O)c1cc(C)c(OC)cc1N=C=S. The molecule has 0 spiro atoms. The van der Waals surface area contributed by atoms with Crippen molar-refractivity contribution in [1.29, 1.82) is 0 Å². The summed E-state index contributed by atoms with van der Waals surface area (Å²) < 4.78 is 9.78. The van der Waals surface area contributed by atoms with Gasteiger partial charge in [-0.05, 0) is 30.8 Å². The highest BCUT2D eigenvalue weighted by Gasteiger charge is 2.14. The molecule has 5 heteroatoms. The summed E-state index contributed by atoms with van der Waals surface area (Å²) >= 11 is 4.52. The molecule has 0 radical (unpaired) electrons. The summed E-state index contributed by atoms with van der Waals surface area (Å²) in [7, 11) is 2.86. The topological polar surface area (TPSA) is 47.9 Å². The summed E-state index contributed by atoms with van der Waals surface area (Å²) in [4.78, 5) is 15.3. The fourth-order valence-corrected chi connectivity index (χ4v) is 1.41. The monoisotopic (exact) mass is 237 g/mol. The number of ether oxygens (including phenoxy) is 2. The second-order valence-corrected chi connectivity index (χ2v) is 3.22. The molecule has 0 aliphatic heterocycles. The number of isothiocyanates is 1. The van der Waals surface area contributed by atoms with Gasteiger partial charge in [-0.25, -0.2) is 4.79 Å². The van der Waals surface area contributed by atoms with Crippen molar-refractivity contribution in [2.45, 2.75) is 6.92 Å². The van der Waals surface area contributed by atoms with Gasteiger partial charge < -0.3 is 9.47 Å². The second-order valence-electron chi connectivity index (χ2n) is 3.03. The van der Waals surface area contributed by atoms with Crippen molar-refractivity contribution in [3.8, 4) is 5.75 Å². The maximum atomic E-state index is 11.5. The number of carbonyl (C=O) groups excluding carboxylic acids is 1. The molecule has 0 saturated carbocycles. The molecule has 0 unspecified atom stereocenters. The van der Waals surface area contributed by atoms with E-state index in [-0.39, 0.29) is 0 Å². The normalized spacial score (nSPS) is 9.19. The number of hydrogen-bond donors (Lipinski definition) is 0. The number of aliphatic imine (C=N–C) groups is 1. The molecule has 0 bridgehead atoms. The third kappa shape index (κ3) is 2.45. The fraction of sp³-hybridized carbons (Fsp3) is 0.273. The lowest BCUT2D eigenvalue weighted by Crippen LogP contribution is -2.02. The first kappa shape index (κ1) is 12.4. The number of thiocarbonyl (C=S) groups is 1. The van der Waals surface area contributed by atoms with Gasteiger partial charge in [-0.2, -0.15) is 4.99 Å². The highest BCUT2D eigenvalue weighted by molar-refractivity contribution is 7.78. The summed E-state index contributed by atoms with van der Waals surface area (Å²) in [6.45, 7) is 1.83. The van der Waals surface area contributed by atoms with Gasteiger partial charge in [0.25, 0.3) is 0 Å². The quantitative estimate of drug-likeness (QED) is 0.460. The van der Waals surface area contributed by atoms with Gasteiger partial charge in [-0.1, -0.05) is 0 Å². The summed E-state index contributed by atoms with van der Waals surface area (Å²) in [5, 5.41) is 2.22. The molecular formula is C11H11NO3S. The average Bonchev–Trinajstić information content (AvgIpc) is 2.30. The van der Waals surface area contributed by atoms with E-state index in [4.69, 9.17) is 4.74 Å². The molecule has 0 saturated heterocycles. The Labute approximate surface area is 98.9 Å². The molecule has 0 aliphatic rings. The van der Waals surface area contributed by atoms with Crippen LogP contribution in [0, 0.1) is 6.92 Å². The molecule has 0 heterocycles. The van der Waals surface area contributed by atoms with Crippen molar-refractivity contribution < 1.29 is 14.3 Å². The number of rotatable bonds is 3. The highest BCUT2D eigenvalue weighted by Crippen LogP contribution is 2.29. The van der Waals surface area contributed by atoms with Crippen LogP contribution in [-0.4, -0.2) is 25.4 Å². The van der Waals surface area contributed by atoms with E-state index in [1.165, 1.54) is 7.11 Å². The van der Waals surface area contributed by atoms with E-state index in [9.17, 15) is 4.79 Å². The minimum absolute atomic E-state index is 0.346. The summed E-state index contributed by atoms with van der Waals surface area (Å²) in [6, 6.07) is 3.27. The molecule has 0 aliphatic carbocycles. The summed E-state index contributed by atoms with van der Waals surface area (Å²) in [5.41, 5.74) is 1.56. The van der Waals surface area contributed by atoms with Crippen LogP contribution in [0.15, 0.2) is 17.1 Å². The number of hydrogen-bond acceptors (Lipinski definition) is 5. The zero-order valence-electron chi connectivity index (χ0n) is 9.23. The zero-order valence-corrected chi connectivity index (χ0v) is 10.1. The molecule has 0 amide bonds. The first-order valence-electron chi connectivity index (χ1n) is 4.48. The van der Waals surface area contributed by atoms with Gasteiger partial charge in [0.15, 0.2) is 0 Å². The van der Waals surface area contributed by atoms with Gasteiger partial charge in [0.2, 0.25) is 0 Å². The molecule has 0 fully saturated rings. The van der Waals surface area contributed by atoms with E-state index in [2.05, 4.69) is 27.1 Å². The van der Waals surface area contributed by atoms with Crippen LogP contribution in [0.3, 0.4) is 0 Å². The van der Waals surface area contributed by atoms with Crippen LogP contribution in [0.4, 0.5) is 5.69 Å². The zero-order chi connectivity index (χ0) is 12.1. The average molecular weight is 237 g/mol. The third-order valence-electron chi connectivity index (χ3n) is 2.08. The predicted octanol–water partition coefficient (Wildman–Crippen LogP) is 2.52. The van der Waals surface area contributed by atoms with Crippen LogP contribution in [-0.2, 0) is 4.74 Å². The minimum Gasteiger partial charge on any atom is -0.496 e. The van der Waals surface area contributed by atoms with E-state index in [1.807, 2.05) is 6.92 Å². The molecule has 0 N–H and O–H groups in total. The Bertz CT molecular complexity index is 465. The van der Waals surface area contributed by atoms with Gasteiger partial charge in [0.1, 0.15) is 5.75 Å². The van der Waals surface area contributed by atoms with Gasteiger partial charge in [-0.3, -0.25) is 0 Å². The van der Waals surface area contributed by atoms with Crippen LogP contribution < -0.4 is 4.74 Å². The van der Waals surface area contributed by atoms with Gasteiger partial charge in [-0.15, -0.1) is 0 Å². The van der Waals surface area contributed by atoms with Gasteiger partial charge >= 0.3 is 5.97 Å². The molecule has 1 aromatic rings. The Kier molecular flexibility index (Phi) is 4.17. The van der Waals surface area contributed by atoms with Crippen molar-refractivity contribution in [3.63, 3.8) is 0 Å². The Morgan fingerprint density at radius 1 is 1.44 bits per heavy atom. The van der Waals surface area contributed by atoms with Crippen LogP contribution in [0.5, 0.6) is 5.75 Å². The van der Waals surface area contributed by atoms with Crippen molar-refractivity contribution in [2.24, 2.45) is 4.99 Å². The first-order valence-corrected chi connectivity index (χ1v) is 4.89. The second kappa shape index (κ2) is 5.39. The molecule has 84 valence electrons. The van der Waals surface area contributed by atoms with Crippen molar-refractivity contribution >= 4 is 29.0 Å². The van der Waals surface area contributed by atoms with Crippen LogP contribution >= 0.6 is 12.2 Å². The summed E-state index contributed by atoms with van der Waals surface area (Å²) in [6.07, 6.45) is 0. The minimum atomic E-state index is -0.463. The molecular weight excluding hydrogens is 226 g/mol. The number of aryl methyl sites for hydroxylation is 1. The number of carbonyl (C=O) groups is 1. The lowest BCUT2D eigenvalue weighted by molar-refractivity contribution is 0.0601. The standard InChI is InChI=1S/C11H11NO3S/c1-7-4-8(11(13)15-3)9(12-6-16)5-10(7)14-2/h4-5H,1-3H3. The summed E-state index contributed by atoms with van der Waals surface area (Å²) in [5.74, 6) is 0.173. The van der Waals surface area contributed by atoms with Crippen molar-refractivity contribution in [2.75, 3.05) is 14.2 Å². The predicted molar refractivity (Wildman–Crippen MR) is 63.8 cm³/mol. The van der Waals surface area contributed by atoms with E-state index in [0.29, 0.717) is 17.0 Å².